The quantitative estimate of drug-likeness (QED) is 0.462. The van der Waals surface area contributed by atoms with Crippen molar-refractivity contribution in [2.24, 2.45) is 7.05 Å². The molecular weight excluding hydrogens is 410 g/mol. The molecule has 5 aromatic rings. The van der Waals surface area contributed by atoms with Gasteiger partial charge in [0.05, 0.1) is 17.5 Å². The fourth-order valence-electron chi connectivity index (χ4n) is 3.94. The summed E-state index contributed by atoms with van der Waals surface area (Å²) in [6.45, 7) is 0.427. The van der Waals surface area contributed by atoms with E-state index in [9.17, 15) is 4.79 Å². The molecule has 0 fully saturated rings. The first-order valence-corrected chi connectivity index (χ1v) is 10.1. The van der Waals surface area contributed by atoms with Crippen LogP contribution >= 0.6 is 0 Å². The van der Waals surface area contributed by atoms with Crippen LogP contribution in [0, 0.1) is 0 Å². The number of benzene rings is 1. The lowest BCUT2D eigenvalue weighted by molar-refractivity contribution is 0.0643. The summed E-state index contributed by atoms with van der Waals surface area (Å²) in [6, 6.07) is 8.87. The standard InChI is InChI=1S/C21H17N9O2/c1-29-8-6-15(28-29)19-26-27-20(32-19)21(31)30-9-7-14-16(24-11-23-14)17(30)18-22-10-12-4-2-3-5-13(12)25-18/h2-6,8,10-11,17H,7,9H2,1H3,(H,23,24)/t17-/m0/s1. The monoisotopic (exact) mass is 427 g/mol. The van der Waals surface area contributed by atoms with Gasteiger partial charge in [-0.2, -0.15) is 5.10 Å². The minimum Gasteiger partial charge on any atom is -0.411 e. The van der Waals surface area contributed by atoms with E-state index in [0.717, 1.165) is 16.6 Å². The van der Waals surface area contributed by atoms with E-state index in [0.29, 0.717) is 30.2 Å². The second-order valence-electron chi connectivity index (χ2n) is 7.49. The topological polar surface area (TPSA) is 132 Å². The molecule has 11 heteroatoms. The van der Waals surface area contributed by atoms with Crippen LogP contribution in [-0.4, -0.2) is 57.3 Å². The van der Waals surface area contributed by atoms with Crippen LogP contribution in [0.5, 0.6) is 0 Å². The van der Waals surface area contributed by atoms with Crippen molar-refractivity contribution in [2.75, 3.05) is 6.54 Å². The minimum absolute atomic E-state index is 0.115. The Morgan fingerprint density at radius 1 is 1.19 bits per heavy atom. The number of amides is 1. The van der Waals surface area contributed by atoms with Crippen LogP contribution in [0.2, 0.25) is 0 Å². The lowest BCUT2D eigenvalue weighted by Crippen LogP contribution is -2.41. The van der Waals surface area contributed by atoms with Gasteiger partial charge in [-0.25, -0.2) is 15.0 Å². The van der Waals surface area contributed by atoms with E-state index in [1.807, 2.05) is 24.3 Å². The Hall–Kier alpha value is -4.41. The van der Waals surface area contributed by atoms with Crippen LogP contribution in [0.15, 0.2) is 53.5 Å². The Kier molecular flexibility index (Phi) is 4.06. The number of fused-ring (bicyclic) bond motifs is 2. The molecule has 0 saturated carbocycles. The van der Waals surface area contributed by atoms with E-state index in [1.165, 1.54) is 0 Å². The highest BCUT2D eigenvalue weighted by molar-refractivity contribution is 5.90. The van der Waals surface area contributed by atoms with Crippen LogP contribution in [0.25, 0.3) is 22.5 Å². The van der Waals surface area contributed by atoms with E-state index in [-0.39, 0.29) is 11.8 Å². The molecule has 0 radical (unpaired) electrons. The first kappa shape index (κ1) is 18.4. The van der Waals surface area contributed by atoms with Crippen molar-refractivity contribution < 1.29 is 9.21 Å². The largest absolute Gasteiger partial charge is 0.411 e. The van der Waals surface area contributed by atoms with Crippen molar-refractivity contribution in [3.8, 4) is 11.6 Å². The third kappa shape index (κ3) is 2.94. The second-order valence-corrected chi connectivity index (χ2v) is 7.49. The summed E-state index contributed by atoms with van der Waals surface area (Å²) < 4.78 is 7.29. The van der Waals surface area contributed by atoms with E-state index in [1.54, 1.807) is 41.4 Å². The summed E-state index contributed by atoms with van der Waals surface area (Å²) in [4.78, 5) is 32.0. The lowest BCUT2D eigenvalue weighted by Gasteiger charge is -2.32. The highest BCUT2D eigenvalue weighted by Crippen LogP contribution is 2.33. The highest BCUT2D eigenvalue weighted by Gasteiger charge is 2.38. The molecule has 1 N–H and O–H groups in total. The summed E-state index contributed by atoms with van der Waals surface area (Å²) in [5.41, 5.74) is 2.96. The van der Waals surface area contributed by atoms with Crippen molar-refractivity contribution in [2.45, 2.75) is 12.5 Å². The molecular formula is C21H17N9O2. The van der Waals surface area contributed by atoms with Crippen LogP contribution in [0.3, 0.4) is 0 Å². The maximum atomic E-state index is 13.4. The van der Waals surface area contributed by atoms with Gasteiger partial charge >= 0.3 is 11.8 Å². The Morgan fingerprint density at radius 2 is 2.09 bits per heavy atom. The van der Waals surface area contributed by atoms with E-state index < -0.39 is 11.9 Å². The van der Waals surface area contributed by atoms with Gasteiger partial charge < -0.3 is 14.3 Å². The molecule has 1 aliphatic rings. The number of aromatic nitrogens is 8. The van der Waals surface area contributed by atoms with E-state index in [2.05, 4.69) is 30.2 Å². The Morgan fingerprint density at radius 3 is 2.97 bits per heavy atom. The minimum atomic E-state index is -0.577. The molecule has 0 aliphatic carbocycles. The molecule has 1 aromatic carbocycles. The fraction of sp³-hybridized carbons (Fsp3) is 0.190. The third-order valence-electron chi connectivity index (χ3n) is 5.48. The van der Waals surface area contributed by atoms with Gasteiger partial charge in [-0.05, 0) is 12.1 Å². The normalized spacial score (nSPS) is 15.8. The molecule has 0 saturated heterocycles. The zero-order chi connectivity index (χ0) is 21.7. The van der Waals surface area contributed by atoms with Crippen molar-refractivity contribution in [1.29, 1.82) is 0 Å². The number of aryl methyl sites for hydroxylation is 1. The maximum absolute atomic E-state index is 13.4. The number of nitrogens with one attached hydrogen (secondary N) is 1. The Labute approximate surface area is 181 Å². The van der Waals surface area contributed by atoms with E-state index in [4.69, 9.17) is 9.40 Å². The SMILES string of the molecule is Cn1ccc(-c2nnc(C(=O)N3CCc4[nH]cnc4[C@H]3c3ncc4ccccc4n3)o2)n1. The molecule has 4 aromatic heterocycles. The van der Waals surface area contributed by atoms with Crippen LogP contribution in [0.4, 0.5) is 0 Å². The summed E-state index contributed by atoms with van der Waals surface area (Å²) >= 11 is 0. The van der Waals surface area contributed by atoms with Gasteiger partial charge in [-0.3, -0.25) is 9.48 Å². The van der Waals surface area contributed by atoms with Gasteiger partial charge in [0.2, 0.25) is 0 Å². The predicted molar refractivity (Wildman–Crippen MR) is 111 cm³/mol. The summed E-state index contributed by atoms with van der Waals surface area (Å²) in [6.07, 6.45) is 5.76. The molecule has 1 amide bonds. The number of nitrogens with zero attached hydrogens (tertiary/aromatic N) is 8. The number of hydrogen-bond donors (Lipinski definition) is 1. The average Bonchev–Trinajstić information content (AvgIpc) is 3.58. The molecule has 0 spiro atoms. The number of H-pyrrole nitrogens is 1. The van der Waals surface area contributed by atoms with Crippen LogP contribution in [0.1, 0.15) is 33.9 Å². The number of hydrogen-bond acceptors (Lipinski definition) is 8. The van der Waals surface area contributed by atoms with Gasteiger partial charge in [-0.1, -0.05) is 18.2 Å². The van der Waals surface area contributed by atoms with Gasteiger partial charge in [0, 0.05) is 43.5 Å². The number of rotatable bonds is 3. The average molecular weight is 427 g/mol. The zero-order valence-corrected chi connectivity index (χ0v) is 17.0. The predicted octanol–water partition coefficient (Wildman–Crippen LogP) is 1.92. The van der Waals surface area contributed by atoms with Crippen LogP contribution in [-0.2, 0) is 13.5 Å². The molecule has 32 heavy (non-hydrogen) atoms. The molecule has 0 bridgehead atoms. The van der Waals surface area contributed by atoms with Gasteiger partial charge in [-0.15, -0.1) is 10.2 Å². The molecule has 0 unspecified atom stereocenters. The molecule has 1 atom stereocenters. The highest BCUT2D eigenvalue weighted by atomic mass is 16.4. The van der Waals surface area contributed by atoms with Gasteiger partial charge in [0.25, 0.3) is 5.89 Å². The van der Waals surface area contributed by atoms with Crippen molar-refractivity contribution in [3.05, 3.63) is 72.2 Å². The Bertz CT molecular complexity index is 1450. The number of aromatic amines is 1. The zero-order valence-electron chi connectivity index (χ0n) is 17.0. The first-order chi connectivity index (χ1) is 15.7. The number of imidazole rings is 1. The number of carbonyl (C=O) groups excluding carboxylic acids is 1. The van der Waals surface area contributed by atoms with Crippen molar-refractivity contribution >= 4 is 16.8 Å². The van der Waals surface area contributed by atoms with Crippen LogP contribution < -0.4 is 0 Å². The molecule has 5 heterocycles. The summed E-state index contributed by atoms with van der Waals surface area (Å²) in [5, 5.41) is 13.1. The fourth-order valence-corrected chi connectivity index (χ4v) is 3.94. The number of carbonyl (C=O) groups is 1. The van der Waals surface area contributed by atoms with Crippen molar-refractivity contribution in [3.63, 3.8) is 0 Å². The third-order valence-corrected chi connectivity index (χ3v) is 5.48. The lowest BCUT2D eigenvalue weighted by atomic mass is 10.0. The van der Waals surface area contributed by atoms with E-state index >= 15 is 0 Å². The Balaban J connectivity index is 1.40. The molecule has 158 valence electrons. The summed E-state index contributed by atoms with van der Waals surface area (Å²) in [5.74, 6) is 0.144. The smallest absolute Gasteiger partial charge is 0.312 e. The first-order valence-electron chi connectivity index (χ1n) is 10.1. The van der Waals surface area contributed by atoms with Crippen molar-refractivity contribution in [1.82, 2.24) is 44.8 Å². The molecule has 11 nitrogen and oxygen atoms in total. The van der Waals surface area contributed by atoms with Gasteiger partial charge in [0.15, 0.2) is 5.82 Å². The van der Waals surface area contributed by atoms with Gasteiger partial charge in [0.1, 0.15) is 11.7 Å². The second kappa shape index (κ2) is 7.08. The molecule has 1 aliphatic heterocycles. The molecule has 6 rings (SSSR count). The maximum Gasteiger partial charge on any atom is 0.312 e. The number of para-hydroxylation sites is 1. The summed E-state index contributed by atoms with van der Waals surface area (Å²) in [7, 11) is 1.79.